The van der Waals surface area contributed by atoms with Gasteiger partial charge in [0.25, 0.3) is 0 Å². The lowest BCUT2D eigenvalue weighted by Gasteiger charge is -2.20. The molecule has 1 aliphatic heterocycles. The van der Waals surface area contributed by atoms with Gasteiger partial charge in [-0.15, -0.1) is 0 Å². The van der Waals surface area contributed by atoms with Crippen LogP contribution >= 0.6 is 0 Å². The fourth-order valence-electron chi connectivity index (χ4n) is 2.63. The Morgan fingerprint density at radius 3 is 2.74 bits per heavy atom. The van der Waals surface area contributed by atoms with Crippen molar-refractivity contribution in [2.24, 2.45) is 0 Å². The fourth-order valence-corrected chi connectivity index (χ4v) is 2.63. The molecule has 1 N–H and O–H groups in total. The van der Waals surface area contributed by atoms with Crippen LogP contribution in [0.4, 0.5) is 11.4 Å². The molecule has 2 heterocycles. The summed E-state index contributed by atoms with van der Waals surface area (Å²) in [6, 6.07) is 12.8. The molecule has 3 nitrogen and oxygen atoms in total. The first kappa shape index (κ1) is 12.2. The fraction of sp³-hybridized carbons (Fsp3) is 0.375. The van der Waals surface area contributed by atoms with Crippen molar-refractivity contribution in [1.82, 2.24) is 0 Å². The van der Waals surface area contributed by atoms with Gasteiger partial charge in [0, 0.05) is 24.5 Å². The second-order valence-electron chi connectivity index (χ2n) is 5.13. The van der Waals surface area contributed by atoms with Crippen molar-refractivity contribution in [2.45, 2.75) is 25.8 Å². The number of rotatable bonds is 4. The highest BCUT2D eigenvalue weighted by atomic mass is 16.3. The zero-order valence-corrected chi connectivity index (χ0v) is 11.3. The topological polar surface area (TPSA) is 28.4 Å². The van der Waals surface area contributed by atoms with Crippen molar-refractivity contribution in [3.63, 3.8) is 0 Å². The molecule has 0 aliphatic carbocycles. The minimum Gasteiger partial charge on any atom is -0.467 e. The van der Waals surface area contributed by atoms with Crippen molar-refractivity contribution >= 4 is 11.4 Å². The number of furan rings is 1. The van der Waals surface area contributed by atoms with E-state index in [0.717, 1.165) is 11.4 Å². The summed E-state index contributed by atoms with van der Waals surface area (Å²) in [4.78, 5) is 2.45. The number of nitrogens with zero attached hydrogens (tertiary/aromatic N) is 1. The Morgan fingerprint density at radius 2 is 2.00 bits per heavy atom. The number of hydrogen-bond donors (Lipinski definition) is 1. The molecule has 100 valence electrons. The molecule has 0 amide bonds. The highest BCUT2D eigenvalue weighted by molar-refractivity contribution is 5.59. The molecule has 0 saturated carbocycles. The van der Waals surface area contributed by atoms with Gasteiger partial charge in [0.2, 0.25) is 0 Å². The molecule has 1 aromatic heterocycles. The maximum absolute atomic E-state index is 5.42. The van der Waals surface area contributed by atoms with Crippen LogP contribution in [0.25, 0.3) is 0 Å². The summed E-state index contributed by atoms with van der Waals surface area (Å²) in [5, 5.41) is 3.49. The standard InChI is InChI=1S/C16H20N2O/c1-13(16-8-5-11-19-16)17-14-6-4-7-15(12-14)18-9-2-3-10-18/h4-8,11-13,17H,2-3,9-10H2,1H3. The van der Waals surface area contributed by atoms with Gasteiger partial charge in [0.1, 0.15) is 5.76 Å². The molecule has 1 atom stereocenters. The molecule has 0 bridgehead atoms. The van der Waals surface area contributed by atoms with Gasteiger partial charge in [0.05, 0.1) is 12.3 Å². The molecule has 2 aromatic rings. The largest absolute Gasteiger partial charge is 0.467 e. The van der Waals surface area contributed by atoms with E-state index in [1.54, 1.807) is 6.26 Å². The summed E-state index contributed by atoms with van der Waals surface area (Å²) in [5.41, 5.74) is 2.46. The highest BCUT2D eigenvalue weighted by Gasteiger charge is 2.13. The molecule has 3 heteroatoms. The minimum atomic E-state index is 0.184. The number of anilines is 2. The van der Waals surface area contributed by atoms with Crippen LogP contribution in [-0.2, 0) is 0 Å². The summed E-state index contributed by atoms with van der Waals surface area (Å²) < 4.78 is 5.42. The third-order valence-corrected chi connectivity index (χ3v) is 3.67. The Labute approximate surface area is 114 Å². The normalized spacial score (nSPS) is 16.6. The molecular formula is C16H20N2O. The molecule has 3 rings (SSSR count). The van der Waals surface area contributed by atoms with Crippen LogP contribution in [0.15, 0.2) is 47.1 Å². The predicted octanol–water partition coefficient (Wildman–Crippen LogP) is 4.05. The van der Waals surface area contributed by atoms with Gasteiger partial charge >= 0.3 is 0 Å². The molecule has 1 aromatic carbocycles. The second kappa shape index (κ2) is 5.39. The highest BCUT2D eigenvalue weighted by Crippen LogP contribution is 2.26. The van der Waals surface area contributed by atoms with Gasteiger partial charge in [-0.1, -0.05) is 6.07 Å². The van der Waals surface area contributed by atoms with Crippen LogP contribution < -0.4 is 10.2 Å². The van der Waals surface area contributed by atoms with Gasteiger partial charge in [-0.2, -0.15) is 0 Å². The van der Waals surface area contributed by atoms with E-state index in [1.807, 2.05) is 12.1 Å². The molecule has 0 spiro atoms. The van der Waals surface area contributed by atoms with E-state index < -0.39 is 0 Å². The van der Waals surface area contributed by atoms with Crippen molar-refractivity contribution in [1.29, 1.82) is 0 Å². The lowest BCUT2D eigenvalue weighted by molar-refractivity contribution is 0.490. The summed E-state index contributed by atoms with van der Waals surface area (Å²) in [6.07, 6.45) is 4.33. The lowest BCUT2D eigenvalue weighted by Crippen LogP contribution is -2.17. The summed E-state index contributed by atoms with van der Waals surface area (Å²) in [6.45, 7) is 4.47. The number of hydrogen-bond acceptors (Lipinski definition) is 3. The maximum atomic E-state index is 5.42. The van der Waals surface area contributed by atoms with E-state index in [0.29, 0.717) is 0 Å². The van der Waals surface area contributed by atoms with Crippen LogP contribution in [0.1, 0.15) is 31.6 Å². The predicted molar refractivity (Wildman–Crippen MR) is 78.6 cm³/mol. The molecule has 1 saturated heterocycles. The van der Waals surface area contributed by atoms with Gasteiger partial charge in [-0.3, -0.25) is 0 Å². The quantitative estimate of drug-likeness (QED) is 0.894. The Bertz CT molecular complexity index is 515. The van der Waals surface area contributed by atoms with Gasteiger partial charge < -0.3 is 14.6 Å². The van der Waals surface area contributed by atoms with E-state index in [2.05, 4.69) is 41.4 Å². The Morgan fingerprint density at radius 1 is 1.16 bits per heavy atom. The van der Waals surface area contributed by atoms with Gasteiger partial charge in [0.15, 0.2) is 0 Å². The summed E-state index contributed by atoms with van der Waals surface area (Å²) >= 11 is 0. The van der Waals surface area contributed by atoms with Crippen LogP contribution in [0, 0.1) is 0 Å². The first-order chi connectivity index (χ1) is 9.33. The van der Waals surface area contributed by atoms with E-state index in [4.69, 9.17) is 4.42 Å². The molecular weight excluding hydrogens is 236 g/mol. The first-order valence-corrected chi connectivity index (χ1v) is 6.98. The van der Waals surface area contributed by atoms with Crippen molar-refractivity contribution in [2.75, 3.05) is 23.3 Å². The Balaban J connectivity index is 1.72. The lowest BCUT2D eigenvalue weighted by atomic mass is 10.2. The zero-order chi connectivity index (χ0) is 13.1. The van der Waals surface area contributed by atoms with Crippen LogP contribution in [0.3, 0.4) is 0 Å². The average Bonchev–Trinajstić information content (AvgIpc) is 3.13. The van der Waals surface area contributed by atoms with E-state index in [1.165, 1.54) is 31.6 Å². The summed E-state index contributed by atoms with van der Waals surface area (Å²) in [7, 11) is 0. The number of nitrogens with one attached hydrogen (secondary N) is 1. The van der Waals surface area contributed by atoms with Gasteiger partial charge in [-0.25, -0.2) is 0 Å². The van der Waals surface area contributed by atoms with Crippen molar-refractivity contribution in [3.8, 4) is 0 Å². The van der Waals surface area contributed by atoms with E-state index >= 15 is 0 Å². The number of benzene rings is 1. The third kappa shape index (κ3) is 2.75. The Kier molecular flexibility index (Phi) is 3.45. The third-order valence-electron chi connectivity index (χ3n) is 3.67. The zero-order valence-electron chi connectivity index (χ0n) is 11.3. The smallest absolute Gasteiger partial charge is 0.125 e. The van der Waals surface area contributed by atoms with Crippen LogP contribution in [0.2, 0.25) is 0 Å². The van der Waals surface area contributed by atoms with Gasteiger partial charge in [-0.05, 0) is 50.1 Å². The van der Waals surface area contributed by atoms with Crippen LogP contribution in [-0.4, -0.2) is 13.1 Å². The Hall–Kier alpha value is -1.90. The summed E-state index contributed by atoms with van der Waals surface area (Å²) in [5.74, 6) is 0.964. The SMILES string of the molecule is CC(Nc1cccc(N2CCCC2)c1)c1ccco1. The molecule has 1 unspecified atom stereocenters. The van der Waals surface area contributed by atoms with E-state index in [-0.39, 0.29) is 6.04 Å². The second-order valence-corrected chi connectivity index (χ2v) is 5.13. The maximum Gasteiger partial charge on any atom is 0.125 e. The molecule has 0 radical (unpaired) electrons. The first-order valence-electron chi connectivity index (χ1n) is 6.98. The monoisotopic (exact) mass is 256 g/mol. The van der Waals surface area contributed by atoms with Crippen LogP contribution in [0.5, 0.6) is 0 Å². The molecule has 19 heavy (non-hydrogen) atoms. The molecule has 1 aliphatic rings. The minimum absolute atomic E-state index is 0.184. The van der Waals surface area contributed by atoms with E-state index in [9.17, 15) is 0 Å². The average molecular weight is 256 g/mol. The van der Waals surface area contributed by atoms with Crippen molar-refractivity contribution < 1.29 is 4.42 Å². The molecule has 1 fully saturated rings. The van der Waals surface area contributed by atoms with Crippen molar-refractivity contribution in [3.05, 3.63) is 48.4 Å².